The van der Waals surface area contributed by atoms with Crippen LogP contribution in [0.5, 0.6) is 0 Å². The van der Waals surface area contributed by atoms with Gasteiger partial charge in [0.15, 0.2) is 0 Å². The molecule has 1 heterocycles. The molecule has 0 aliphatic rings. The van der Waals surface area contributed by atoms with Gasteiger partial charge in [0.05, 0.1) is 0 Å². The van der Waals surface area contributed by atoms with E-state index in [-0.39, 0.29) is 11.7 Å². The lowest BCUT2D eigenvalue weighted by molar-refractivity contribution is -0.117. The lowest BCUT2D eigenvalue weighted by Crippen LogP contribution is -2.12. The van der Waals surface area contributed by atoms with Gasteiger partial charge in [-0.2, -0.15) is 0 Å². The van der Waals surface area contributed by atoms with Gasteiger partial charge in [-0.1, -0.05) is 55.5 Å². The molecule has 0 spiro atoms. The summed E-state index contributed by atoms with van der Waals surface area (Å²) in [5.74, 6) is 0.721. The fourth-order valence-electron chi connectivity index (χ4n) is 3.26. The van der Waals surface area contributed by atoms with E-state index in [1.54, 1.807) is 6.92 Å². The summed E-state index contributed by atoms with van der Waals surface area (Å²) in [6.45, 7) is 3.89. The van der Waals surface area contributed by atoms with E-state index in [2.05, 4.69) is 60.6 Å². The Hall–Kier alpha value is -2.35. The number of ketones is 1. The molecule has 2 nitrogen and oxygen atoms in total. The van der Waals surface area contributed by atoms with Crippen LogP contribution in [0.2, 0.25) is 0 Å². The van der Waals surface area contributed by atoms with Crippen molar-refractivity contribution in [1.82, 2.24) is 4.98 Å². The number of Topliss-reactive ketones (excluding diaryl/α,β-unsaturated/α-hetero) is 1. The molecule has 0 bridgehead atoms. The maximum Gasteiger partial charge on any atom is 0.130 e. The van der Waals surface area contributed by atoms with Crippen molar-refractivity contribution in [2.75, 3.05) is 0 Å². The molecule has 1 aromatic heterocycles. The van der Waals surface area contributed by atoms with Gasteiger partial charge < -0.3 is 9.78 Å². The van der Waals surface area contributed by atoms with Crippen LogP contribution in [0.1, 0.15) is 43.2 Å². The summed E-state index contributed by atoms with van der Waals surface area (Å²) in [6.07, 6.45) is 2.63. The van der Waals surface area contributed by atoms with E-state index in [9.17, 15) is 4.79 Å². The van der Waals surface area contributed by atoms with Gasteiger partial charge in [-0.25, -0.2) is 0 Å². The number of aromatic nitrogens is 1. The Morgan fingerprint density at radius 3 is 2.45 bits per heavy atom. The van der Waals surface area contributed by atoms with Crippen LogP contribution in [0, 0.1) is 0 Å². The Bertz CT molecular complexity index is 773. The smallest absolute Gasteiger partial charge is 0.130 e. The van der Waals surface area contributed by atoms with Crippen LogP contribution >= 0.6 is 0 Å². The largest absolute Gasteiger partial charge is 0.361 e. The van der Waals surface area contributed by atoms with Crippen LogP contribution in [0.15, 0.2) is 60.8 Å². The van der Waals surface area contributed by atoms with Gasteiger partial charge in [-0.05, 0) is 36.0 Å². The first-order chi connectivity index (χ1) is 10.7. The SMILES string of the molecule is CC(=O)CC(c1c[nH]c2ccccc12)C(C)c1ccccc1. The van der Waals surface area contributed by atoms with E-state index in [0.29, 0.717) is 12.3 Å². The van der Waals surface area contributed by atoms with Crippen molar-refractivity contribution < 1.29 is 4.79 Å². The Balaban J connectivity index is 2.05. The average Bonchev–Trinajstić information content (AvgIpc) is 2.96. The van der Waals surface area contributed by atoms with Crippen LogP contribution in [0.3, 0.4) is 0 Å². The molecule has 2 unspecified atom stereocenters. The summed E-state index contributed by atoms with van der Waals surface area (Å²) in [7, 11) is 0. The number of hydrogen-bond acceptors (Lipinski definition) is 1. The number of carbonyl (C=O) groups excluding carboxylic acids is 1. The van der Waals surface area contributed by atoms with Crippen molar-refractivity contribution in [2.45, 2.75) is 32.1 Å². The second-order valence-corrected chi connectivity index (χ2v) is 6.00. The number of para-hydroxylation sites is 1. The molecule has 1 N–H and O–H groups in total. The highest BCUT2D eigenvalue weighted by Crippen LogP contribution is 2.38. The Kier molecular flexibility index (Phi) is 4.10. The number of fused-ring (bicyclic) bond motifs is 1. The van der Waals surface area contributed by atoms with Crippen molar-refractivity contribution in [2.24, 2.45) is 0 Å². The monoisotopic (exact) mass is 291 g/mol. The number of carbonyl (C=O) groups is 1. The molecule has 2 aromatic carbocycles. The highest BCUT2D eigenvalue weighted by molar-refractivity contribution is 5.85. The number of hydrogen-bond donors (Lipinski definition) is 1. The van der Waals surface area contributed by atoms with Gasteiger partial charge in [0.2, 0.25) is 0 Å². The molecule has 22 heavy (non-hydrogen) atoms. The van der Waals surface area contributed by atoms with E-state index in [1.165, 1.54) is 16.5 Å². The summed E-state index contributed by atoms with van der Waals surface area (Å²) >= 11 is 0. The maximum absolute atomic E-state index is 11.8. The normalized spacial score (nSPS) is 13.9. The maximum atomic E-state index is 11.8. The summed E-state index contributed by atoms with van der Waals surface area (Å²) in [6, 6.07) is 18.7. The molecule has 0 aliphatic heterocycles. The van der Waals surface area contributed by atoms with E-state index < -0.39 is 0 Å². The summed E-state index contributed by atoms with van der Waals surface area (Å²) in [5, 5.41) is 1.22. The Morgan fingerprint density at radius 1 is 1.05 bits per heavy atom. The standard InChI is InChI=1S/C20H21NO/c1-14(22)12-18(15(2)16-8-4-3-5-9-16)19-13-21-20-11-7-6-10-17(19)20/h3-11,13,15,18,21H,12H2,1-2H3. The second kappa shape index (κ2) is 6.18. The molecular weight excluding hydrogens is 270 g/mol. The van der Waals surface area contributed by atoms with Crippen molar-refractivity contribution in [1.29, 1.82) is 0 Å². The fourth-order valence-corrected chi connectivity index (χ4v) is 3.26. The summed E-state index contributed by atoms with van der Waals surface area (Å²) in [5.41, 5.74) is 3.65. The molecule has 0 radical (unpaired) electrons. The molecule has 0 saturated heterocycles. The van der Waals surface area contributed by atoms with Crippen LogP contribution in [0.25, 0.3) is 10.9 Å². The van der Waals surface area contributed by atoms with E-state index in [4.69, 9.17) is 0 Å². The number of benzene rings is 2. The number of H-pyrrole nitrogens is 1. The van der Waals surface area contributed by atoms with Crippen molar-refractivity contribution in [3.63, 3.8) is 0 Å². The third-order valence-corrected chi connectivity index (χ3v) is 4.46. The van der Waals surface area contributed by atoms with Crippen molar-refractivity contribution >= 4 is 16.7 Å². The zero-order chi connectivity index (χ0) is 15.5. The van der Waals surface area contributed by atoms with Crippen molar-refractivity contribution in [3.8, 4) is 0 Å². The predicted molar refractivity (Wildman–Crippen MR) is 91.2 cm³/mol. The van der Waals surface area contributed by atoms with Gasteiger partial charge in [0.1, 0.15) is 5.78 Å². The third kappa shape index (κ3) is 2.82. The fraction of sp³-hybridized carbons (Fsp3) is 0.250. The highest BCUT2D eigenvalue weighted by atomic mass is 16.1. The van der Waals surface area contributed by atoms with Crippen molar-refractivity contribution in [3.05, 3.63) is 71.9 Å². The van der Waals surface area contributed by atoms with E-state index in [0.717, 1.165) is 5.52 Å². The lowest BCUT2D eigenvalue weighted by atomic mass is 9.80. The van der Waals surface area contributed by atoms with Crippen LogP contribution < -0.4 is 0 Å². The molecule has 3 rings (SSSR count). The van der Waals surface area contributed by atoms with Gasteiger partial charge in [0.25, 0.3) is 0 Å². The zero-order valence-electron chi connectivity index (χ0n) is 13.0. The van der Waals surface area contributed by atoms with E-state index >= 15 is 0 Å². The van der Waals surface area contributed by atoms with Gasteiger partial charge in [0, 0.05) is 23.5 Å². The second-order valence-electron chi connectivity index (χ2n) is 6.00. The molecule has 112 valence electrons. The van der Waals surface area contributed by atoms with Crippen LogP contribution in [-0.4, -0.2) is 10.8 Å². The Morgan fingerprint density at radius 2 is 1.73 bits per heavy atom. The molecule has 0 saturated carbocycles. The summed E-state index contributed by atoms with van der Waals surface area (Å²) < 4.78 is 0. The number of rotatable bonds is 5. The lowest BCUT2D eigenvalue weighted by Gasteiger charge is -2.23. The van der Waals surface area contributed by atoms with Gasteiger partial charge in [-0.3, -0.25) is 0 Å². The van der Waals surface area contributed by atoms with Crippen LogP contribution in [0.4, 0.5) is 0 Å². The topological polar surface area (TPSA) is 32.9 Å². The quantitative estimate of drug-likeness (QED) is 0.702. The highest BCUT2D eigenvalue weighted by Gasteiger charge is 2.24. The number of nitrogens with one attached hydrogen (secondary N) is 1. The van der Waals surface area contributed by atoms with Gasteiger partial charge in [-0.15, -0.1) is 0 Å². The van der Waals surface area contributed by atoms with Crippen LogP contribution in [-0.2, 0) is 4.79 Å². The molecule has 0 amide bonds. The molecule has 3 aromatic rings. The first-order valence-corrected chi connectivity index (χ1v) is 7.77. The third-order valence-electron chi connectivity index (χ3n) is 4.46. The Labute approximate surface area is 131 Å². The minimum absolute atomic E-state index is 0.191. The minimum Gasteiger partial charge on any atom is -0.361 e. The summed E-state index contributed by atoms with van der Waals surface area (Å²) in [4.78, 5) is 15.1. The molecule has 0 aliphatic carbocycles. The first kappa shape index (κ1) is 14.6. The molecule has 2 heteroatoms. The number of aromatic amines is 1. The average molecular weight is 291 g/mol. The molecular formula is C20H21NO. The predicted octanol–water partition coefficient (Wildman–Crippen LogP) is 5.03. The molecule has 2 atom stereocenters. The zero-order valence-corrected chi connectivity index (χ0v) is 13.0. The van der Waals surface area contributed by atoms with Gasteiger partial charge >= 0.3 is 0 Å². The molecule has 0 fully saturated rings. The minimum atomic E-state index is 0.191. The van der Waals surface area contributed by atoms with E-state index in [1.807, 2.05) is 12.1 Å². The first-order valence-electron chi connectivity index (χ1n) is 7.77.